The average molecular weight is 189 g/mol. The molecule has 14 heavy (non-hydrogen) atoms. The summed E-state index contributed by atoms with van der Waals surface area (Å²) < 4.78 is 0. The van der Waals surface area contributed by atoms with E-state index in [1.165, 1.54) is 12.1 Å². The molecule has 0 amide bonds. The number of nitrogens with zero attached hydrogens (tertiary/aromatic N) is 1. The maximum Gasteiger partial charge on any atom is 0.285 e. The molecule has 70 valence electrons. The topological polar surface area (TPSA) is 60.2 Å². The van der Waals surface area contributed by atoms with Crippen LogP contribution in [0.25, 0.3) is 0 Å². The maximum atomic E-state index is 10.6. The first kappa shape index (κ1) is 9.93. The van der Waals surface area contributed by atoms with E-state index in [1.54, 1.807) is 13.0 Å². The predicted octanol–water partition coefficient (Wildman–Crippen LogP) is 1.45. The molecule has 0 fully saturated rings. The highest BCUT2D eigenvalue weighted by Crippen LogP contribution is 2.18. The molecule has 0 aliphatic heterocycles. The van der Waals surface area contributed by atoms with Crippen LogP contribution in [-0.4, -0.2) is 11.2 Å². The first-order chi connectivity index (χ1) is 6.65. The van der Waals surface area contributed by atoms with Crippen molar-refractivity contribution in [1.82, 2.24) is 0 Å². The Morgan fingerprint density at radius 2 is 2.21 bits per heavy atom. The van der Waals surface area contributed by atoms with Crippen molar-refractivity contribution in [3.05, 3.63) is 39.4 Å². The van der Waals surface area contributed by atoms with Crippen LogP contribution in [-0.2, 0) is 4.79 Å². The molecular weight excluding hydrogens is 182 g/mol. The second kappa shape index (κ2) is 4.19. The lowest BCUT2D eigenvalue weighted by Gasteiger charge is -1.96. The number of benzene rings is 1. The van der Waals surface area contributed by atoms with Crippen LogP contribution >= 0.6 is 0 Å². The summed E-state index contributed by atoms with van der Waals surface area (Å²) in [5, 5.41) is 10.6. The van der Waals surface area contributed by atoms with Crippen LogP contribution in [0.5, 0.6) is 0 Å². The molecule has 0 N–H and O–H groups in total. The molecule has 0 radical (unpaired) electrons. The van der Waals surface area contributed by atoms with E-state index in [4.69, 9.17) is 0 Å². The monoisotopic (exact) mass is 189 g/mol. The number of aldehydes is 1. The van der Waals surface area contributed by atoms with Gasteiger partial charge in [-0.25, -0.2) is 0 Å². The van der Waals surface area contributed by atoms with E-state index in [2.05, 4.69) is 11.8 Å². The lowest BCUT2D eigenvalue weighted by Crippen LogP contribution is -1.92. The maximum absolute atomic E-state index is 10.6. The Labute approximate surface area is 80.7 Å². The molecule has 1 aromatic rings. The minimum absolute atomic E-state index is 0.0700. The molecule has 0 saturated carbocycles. The Kier molecular flexibility index (Phi) is 2.97. The van der Waals surface area contributed by atoms with Crippen LogP contribution in [0.2, 0.25) is 0 Å². The summed E-state index contributed by atoms with van der Waals surface area (Å²) in [5.41, 5.74) is 0.973. The molecule has 0 unspecified atom stereocenters. The van der Waals surface area contributed by atoms with Crippen molar-refractivity contribution < 1.29 is 9.72 Å². The smallest absolute Gasteiger partial charge is 0.285 e. The second-order valence-electron chi connectivity index (χ2n) is 2.66. The van der Waals surface area contributed by atoms with E-state index >= 15 is 0 Å². The third-order valence-corrected chi connectivity index (χ3v) is 1.62. The molecule has 0 aromatic heterocycles. The van der Waals surface area contributed by atoms with Crippen LogP contribution in [0, 0.1) is 28.9 Å². The van der Waals surface area contributed by atoms with Gasteiger partial charge in [0.25, 0.3) is 5.69 Å². The van der Waals surface area contributed by atoms with Gasteiger partial charge in [0, 0.05) is 6.07 Å². The van der Waals surface area contributed by atoms with Gasteiger partial charge in [0.2, 0.25) is 0 Å². The highest BCUT2D eigenvalue weighted by Gasteiger charge is 2.11. The van der Waals surface area contributed by atoms with Crippen molar-refractivity contribution >= 4 is 12.0 Å². The zero-order valence-electron chi connectivity index (χ0n) is 7.48. The largest absolute Gasteiger partial charge is 0.289 e. The Bertz CT molecular complexity index is 440. The van der Waals surface area contributed by atoms with Crippen molar-refractivity contribution in [2.24, 2.45) is 0 Å². The van der Waals surface area contributed by atoms with Gasteiger partial charge in [0.05, 0.1) is 4.92 Å². The summed E-state index contributed by atoms with van der Waals surface area (Å²) in [5.74, 6) is 4.56. The molecule has 0 aliphatic rings. The van der Waals surface area contributed by atoms with Gasteiger partial charge in [-0.2, -0.15) is 0 Å². The fraction of sp³-hybridized carbons (Fsp3) is 0.100. The number of aryl methyl sites for hydroxylation is 1. The van der Waals surface area contributed by atoms with Gasteiger partial charge in [0.15, 0.2) is 6.29 Å². The van der Waals surface area contributed by atoms with Crippen molar-refractivity contribution in [2.75, 3.05) is 0 Å². The van der Waals surface area contributed by atoms with Crippen molar-refractivity contribution in [3.63, 3.8) is 0 Å². The van der Waals surface area contributed by atoms with E-state index in [9.17, 15) is 14.9 Å². The first-order valence-electron chi connectivity index (χ1n) is 3.85. The van der Waals surface area contributed by atoms with Gasteiger partial charge in [-0.05, 0) is 24.5 Å². The first-order valence-corrected chi connectivity index (χ1v) is 3.85. The summed E-state index contributed by atoms with van der Waals surface area (Å²) >= 11 is 0. The van der Waals surface area contributed by atoms with E-state index in [0.717, 1.165) is 5.56 Å². The molecular formula is C10H7NO3. The van der Waals surface area contributed by atoms with Gasteiger partial charge in [-0.1, -0.05) is 12.0 Å². The van der Waals surface area contributed by atoms with Crippen LogP contribution < -0.4 is 0 Å². The molecule has 0 saturated heterocycles. The summed E-state index contributed by atoms with van der Waals surface area (Å²) in [6, 6.07) is 4.67. The average Bonchev–Trinajstić information content (AvgIpc) is 2.15. The van der Waals surface area contributed by atoms with Crippen LogP contribution in [0.4, 0.5) is 5.69 Å². The van der Waals surface area contributed by atoms with E-state index in [0.29, 0.717) is 6.29 Å². The molecule has 4 heteroatoms. The van der Waals surface area contributed by atoms with Gasteiger partial charge in [-0.3, -0.25) is 14.9 Å². The van der Waals surface area contributed by atoms with Crippen molar-refractivity contribution in [2.45, 2.75) is 6.92 Å². The zero-order valence-corrected chi connectivity index (χ0v) is 7.48. The Hall–Kier alpha value is -2.15. The van der Waals surface area contributed by atoms with Crippen LogP contribution in [0.1, 0.15) is 11.1 Å². The number of hydrogen-bond acceptors (Lipinski definition) is 3. The van der Waals surface area contributed by atoms with Crippen LogP contribution in [0.3, 0.4) is 0 Å². The molecule has 1 rings (SSSR count). The molecule has 0 spiro atoms. The normalized spacial score (nSPS) is 8.64. The highest BCUT2D eigenvalue weighted by molar-refractivity contribution is 5.74. The quantitative estimate of drug-likeness (QED) is 0.291. The third kappa shape index (κ3) is 2.17. The highest BCUT2D eigenvalue weighted by atomic mass is 16.6. The predicted molar refractivity (Wildman–Crippen MR) is 50.8 cm³/mol. The number of hydrogen-bond donors (Lipinski definition) is 0. The fourth-order valence-corrected chi connectivity index (χ4v) is 1.01. The van der Waals surface area contributed by atoms with Crippen molar-refractivity contribution in [3.8, 4) is 11.8 Å². The van der Waals surface area contributed by atoms with E-state index < -0.39 is 4.92 Å². The Morgan fingerprint density at radius 1 is 1.50 bits per heavy atom. The number of rotatable bonds is 1. The molecule has 0 bridgehead atoms. The lowest BCUT2D eigenvalue weighted by atomic mass is 10.1. The lowest BCUT2D eigenvalue weighted by molar-refractivity contribution is -0.385. The Morgan fingerprint density at radius 3 is 2.79 bits per heavy atom. The number of carbonyl (C=O) groups excluding carboxylic acids is 1. The van der Waals surface area contributed by atoms with Gasteiger partial charge in [0.1, 0.15) is 5.56 Å². The van der Waals surface area contributed by atoms with Gasteiger partial charge < -0.3 is 0 Å². The summed E-state index contributed by atoms with van der Waals surface area (Å²) in [6.45, 7) is 1.75. The van der Waals surface area contributed by atoms with Crippen molar-refractivity contribution in [1.29, 1.82) is 0 Å². The molecule has 0 aliphatic carbocycles. The minimum Gasteiger partial charge on any atom is -0.289 e. The number of nitro benzene ring substituents is 1. The summed E-state index contributed by atoms with van der Waals surface area (Å²) in [7, 11) is 0. The molecule has 0 heterocycles. The fourth-order valence-electron chi connectivity index (χ4n) is 1.01. The van der Waals surface area contributed by atoms with E-state index in [-0.39, 0.29) is 11.3 Å². The summed E-state index contributed by atoms with van der Waals surface area (Å²) in [6.07, 6.45) is 0.406. The standard InChI is InChI=1S/C10H7NO3/c1-8-4-5-9(3-2-6-12)10(7-8)11(13)14/h4-7H,1H3. The Balaban J connectivity index is 3.28. The molecule has 4 nitrogen and oxygen atoms in total. The molecule has 0 atom stereocenters. The summed E-state index contributed by atoms with van der Waals surface area (Å²) in [4.78, 5) is 20.1. The third-order valence-electron chi connectivity index (χ3n) is 1.62. The SMILES string of the molecule is Cc1ccc(C#CC=O)c([N+](=O)[O-])c1. The van der Waals surface area contributed by atoms with Crippen LogP contribution in [0.15, 0.2) is 18.2 Å². The number of carbonyl (C=O) groups is 1. The van der Waals surface area contributed by atoms with Gasteiger partial charge >= 0.3 is 0 Å². The molecule has 1 aromatic carbocycles. The number of nitro groups is 1. The van der Waals surface area contributed by atoms with E-state index in [1.807, 2.05) is 0 Å². The minimum atomic E-state index is -0.512. The second-order valence-corrected chi connectivity index (χ2v) is 2.66. The van der Waals surface area contributed by atoms with Gasteiger partial charge in [-0.15, -0.1) is 0 Å². The zero-order chi connectivity index (χ0) is 10.6.